The number of rotatable bonds is 5. The normalized spacial score (nSPS) is 12.8. The topological polar surface area (TPSA) is 40.5 Å². The SMILES string of the molecule is Cc1ccccc1[C@@H](O)CCCCO. The third-order valence-corrected chi connectivity index (χ3v) is 2.43. The summed E-state index contributed by atoms with van der Waals surface area (Å²) < 4.78 is 0. The van der Waals surface area contributed by atoms with Crippen LogP contribution in [0.5, 0.6) is 0 Å². The minimum Gasteiger partial charge on any atom is -0.396 e. The average Bonchev–Trinajstić information content (AvgIpc) is 2.18. The van der Waals surface area contributed by atoms with Crippen molar-refractivity contribution in [2.24, 2.45) is 0 Å². The molecule has 0 unspecified atom stereocenters. The van der Waals surface area contributed by atoms with Crippen LogP contribution in [0.1, 0.15) is 36.5 Å². The molecule has 2 N–H and O–H groups in total. The standard InChI is InChI=1S/C12H18O2/c1-10-6-2-3-7-11(10)12(14)8-4-5-9-13/h2-3,6-7,12-14H,4-5,8-9H2,1H3/t12-/m0/s1. The molecule has 0 saturated carbocycles. The summed E-state index contributed by atoms with van der Waals surface area (Å²) in [5, 5.41) is 18.5. The van der Waals surface area contributed by atoms with Crippen molar-refractivity contribution in [1.29, 1.82) is 0 Å². The minimum atomic E-state index is -0.386. The van der Waals surface area contributed by atoms with Gasteiger partial charge in [0.1, 0.15) is 0 Å². The van der Waals surface area contributed by atoms with Crippen LogP contribution in [-0.2, 0) is 0 Å². The van der Waals surface area contributed by atoms with Crippen LogP contribution in [0.15, 0.2) is 24.3 Å². The van der Waals surface area contributed by atoms with Gasteiger partial charge in [0.05, 0.1) is 6.10 Å². The molecule has 2 nitrogen and oxygen atoms in total. The quantitative estimate of drug-likeness (QED) is 0.705. The van der Waals surface area contributed by atoms with Gasteiger partial charge in [0, 0.05) is 6.61 Å². The van der Waals surface area contributed by atoms with Gasteiger partial charge in [-0.15, -0.1) is 0 Å². The maximum atomic E-state index is 9.85. The molecule has 14 heavy (non-hydrogen) atoms. The summed E-state index contributed by atoms with van der Waals surface area (Å²) in [5.74, 6) is 0. The first kappa shape index (κ1) is 11.2. The van der Waals surface area contributed by atoms with E-state index in [9.17, 15) is 5.11 Å². The Labute approximate surface area is 85.2 Å². The van der Waals surface area contributed by atoms with E-state index in [1.54, 1.807) is 0 Å². The third-order valence-electron chi connectivity index (χ3n) is 2.43. The molecule has 0 heterocycles. The lowest BCUT2D eigenvalue weighted by molar-refractivity contribution is 0.159. The number of aliphatic hydroxyl groups is 2. The Morgan fingerprint density at radius 3 is 2.57 bits per heavy atom. The lowest BCUT2D eigenvalue weighted by Gasteiger charge is -2.12. The molecule has 2 heteroatoms. The number of aliphatic hydroxyl groups excluding tert-OH is 2. The summed E-state index contributed by atoms with van der Waals surface area (Å²) in [4.78, 5) is 0. The van der Waals surface area contributed by atoms with Crippen LogP contribution >= 0.6 is 0 Å². The van der Waals surface area contributed by atoms with E-state index in [1.807, 2.05) is 31.2 Å². The van der Waals surface area contributed by atoms with Gasteiger partial charge in [-0.2, -0.15) is 0 Å². The Bertz CT molecular complexity index is 271. The van der Waals surface area contributed by atoms with Gasteiger partial charge in [-0.1, -0.05) is 24.3 Å². The number of hydrogen-bond donors (Lipinski definition) is 2. The summed E-state index contributed by atoms with van der Waals surface area (Å²) in [6.07, 6.45) is 1.98. The second-order valence-corrected chi connectivity index (χ2v) is 3.59. The monoisotopic (exact) mass is 194 g/mol. The van der Waals surface area contributed by atoms with Gasteiger partial charge in [0.2, 0.25) is 0 Å². The molecule has 0 fully saturated rings. The Balaban J connectivity index is 2.51. The molecule has 0 radical (unpaired) electrons. The molecule has 1 rings (SSSR count). The van der Waals surface area contributed by atoms with Crippen LogP contribution in [0.2, 0.25) is 0 Å². The van der Waals surface area contributed by atoms with Crippen molar-refractivity contribution in [2.75, 3.05) is 6.61 Å². The predicted octanol–water partition coefficient (Wildman–Crippen LogP) is 2.19. The van der Waals surface area contributed by atoms with Gasteiger partial charge >= 0.3 is 0 Å². The van der Waals surface area contributed by atoms with Gasteiger partial charge in [0.25, 0.3) is 0 Å². The average molecular weight is 194 g/mol. The van der Waals surface area contributed by atoms with E-state index in [1.165, 1.54) is 0 Å². The zero-order valence-corrected chi connectivity index (χ0v) is 8.61. The number of unbranched alkanes of at least 4 members (excludes halogenated alkanes) is 1. The highest BCUT2D eigenvalue weighted by Crippen LogP contribution is 2.21. The third kappa shape index (κ3) is 3.13. The molecule has 1 aromatic carbocycles. The Hall–Kier alpha value is -0.860. The van der Waals surface area contributed by atoms with E-state index >= 15 is 0 Å². The van der Waals surface area contributed by atoms with E-state index in [-0.39, 0.29) is 12.7 Å². The van der Waals surface area contributed by atoms with Crippen LogP contribution in [0.4, 0.5) is 0 Å². The van der Waals surface area contributed by atoms with Gasteiger partial charge in [-0.3, -0.25) is 0 Å². The van der Waals surface area contributed by atoms with E-state index in [2.05, 4.69) is 0 Å². The molecule has 0 amide bonds. The fraction of sp³-hybridized carbons (Fsp3) is 0.500. The van der Waals surface area contributed by atoms with Crippen LogP contribution in [0.3, 0.4) is 0 Å². The Morgan fingerprint density at radius 1 is 1.21 bits per heavy atom. The molecule has 0 saturated heterocycles. The summed E-state index contributed by atoms with van der Waals surface area (Å²) in [6.45, 7) is 2.21. The lowest BCUT2D eigenvalue weighted by Crippen LogP contribution is -2.00. The molecule has 0 aromatic heterocycles. The summed E-state index contributed by atoms with van der Waals surface area (Å²) in [7, 11) is 0. The second-order valence-electron chi connectivity index (χ2n) is 3.59. The molecule has 1 atom stereocenters. The first-order valence-corrected chi connectivity index (χ1v) is 5.10. The highest BCUT2D eigenvalue weighted by atomic mass is 16.3. The first-order valence-electron chi connectivity index (χ1n) is 5.10. The van der Waals surface area contributed by atoms with Gasteiger partial charge < -0.3 is 10.2 Å². The van der Waals surface area contributed by atoms with E-state index < -0.39 is 0 Å². The Morgan fingerprint density at radius 2 is 1.93 bits per heavy atom. The van der Waals surface area contributed by atoms with E-state index in [0.29, 0.717) is 0 Å². The first-order chi connectivity index (χ1) is 6.75. The summed E-state index contributed by atoms with van der Waals surface area (Å²) >= 11 is 0. The van der Waals surface area contributed by atoms with Crippen molar-refractivity contribution < 1.29 is 10.2 Å². The lowest BCUT2D eigenvalue weighted by atomic mass is 9.99. The molecule has 0 aliphatic heterocycles. The molecular weight excluding hydrogens is 176 g/mol. The number of hydrogen-bond acceptors (Lipinski definition) is 2. The highest BCUT2D eigenvalue weighted by Gasteiger charge is 2.08. The fourth-order valence-electron chi connectivity index (χ4n) is 1.57. The minimum absolute atomic E-state index is 0.209. The van der Waals surface area contributed by atoms with Crippen LogP contribution < -0.4 is 0 Å². The van der Waals surface area contributed by atoms with Crippen molar-refractivity contribution in [3.8, 4) is 0 Å². The maximum absolute atomic E-state index is 9.85. The van der Waals surface area contributed by atoms with Gasteiger partial charge in [-0.05, 0) is 37.3 Å². The predicted molar refractivity (Wildman–Crippen MR) is 57.1 cm³/mol. The van der Waals surface area contributed by atoms with Crippen LogP contribution in [0.25, 0.3) is 0 Å². The second kappa shape index (κ2) is 5.78. The number of benzene rings is 1. The van der Waals surface area contributed by atoms with Crippen molar-refractivity contribution in [2.45, 2.75) is 32.3 Å². The van der Waals surface area contributed by atoms with Gasteiger partial charge in [-0.25, -0.2) is 0 Å². The zero-order valence-electron chi connectivity index (χ0n) is 8.61. The summed E-state index contributed by atoms with van der Waals surface area (Å²) in [6, 6.07) is 7.88. The number of aryl methyl sites for hydroxylation is 1. The Kier molecular flexibility index (Phi) is 4.63. The van der Waals surface area contributed by atoms with Gasteiger partial charge in [0.15, 0.2) is 0 Å². The molecule has 1 aromatic rings. The van der Waals surface area contributed by atoms with Crippen molar-refractivity contribution in [3.05, 3.63) is 35.4 Å². The summed E-state index contributed by atoms with van der Waals surface area (Å²) in [5.41, 5.74) is 2.13. The van der Waals surface area contributed by atoms with Crippen molar-refractivity contribution in [1.82, 2.24) is 0 Å². The molecule has 0 spiro atoms. The molecular formula is C12H18O2. The molecule has 0 aliphatic carbocycles. The van der Waals surface area contributed by atoms with Crippen molar-refractivity contribution >= 4 is 0 Å². The van der Waals surface area contributed by atoms with Crippen molar-refractivity contribution in [3.63, 3.8) is 0 Å². The van der Waals surface area contributed by atoms with Crippen LogP contribution in [-0.4, -0.2) is 16.8 Å². The zero-order chi connectivity index (χ0) is 10.4. The van der Waals surface area contributed by atoms with Crippen LogP contribution in [0, 0.1) is 6.92 Å². The van der Waals surface area contributed by atoms with E-state index in [4.69, 9.17) is 5.11 Å². The maximum Gasteiger partial charge on any atom is 0.0792 e. The largest absolute Gasteiger partial charge is 0.396 e. The fourth-order valence-corrected chi connectivity index (χ4v) is 1.57. The molecule has 0 aliphatic rings. The van der Waals surface area contributed by atoms with E-state index in [0.717, 1.165) is 30.4 Å². The molecule has 0 bridgehead atoms. The molecule has 78 valence electrons. The smallest absolute Gasteiger partial charge is 0.0792 e. The highest BCUT2D eigenvalue weighted by molar-refractivity contribution is 5.27.